The minimum absolute atomic E-state index is 0. The Kier molecular flexibility index (Phi) is 15.3. The second kappa shape index (κ2) is 9.25. The van der Waals surface area contributed by atoms with Crippen molar-refractivity contribution in [3.8, 4) is 0 Å². The Hall–Kier alpha value is 0.796. The predicted molar refractivity (Wildman–Crippen MR) is 33.9 cm³/mol. The largest absolute Gasteiger partial charge is 0.365 e. The number of hydrogen-bond donors (Lipinski definition) is 0. The average Bonchev–Trinajstić information content (AvgIpc) is 1.41. The average molecular weight is 117 g/mol. The van der Waals surface area contributed by atoms with Crippen LogP contribution in [-0.2, 0) is 0 Å². The standard InChI is InChI=1S/C3H5.CH3.ClH.Mg/c1-3-2;;;/h3H,1-2H2;1H3;1H;. The van der Waals surface area contributed by atoms with Crippen molar-refractivity contribution in [2.24, 2.45) is 0 Å². The molecule has 34 valence electrons. The van der Waals surface area contributed by atoms with E-state index in [4.69, 9.17) is 0 Å². The van der Waals surface area contributed by atoms with Crippen LogP contribution in [0.1, 0.15) is 0 Å². The Labute approximate surface area is 55.1 Å². The summed E-state index contributed by atoms with van der Waals surface area (Å²) in [5, 5.41) is 2.28. The summed E-state index contributed by atoms with van der Waals surface area (Å²) < 4.78 is 1.29. The highest BCUT2D eigenvalue weighted by molar-refractivity contribution is 6.34. The van der Waals surface area contributed by atoms with E-state index in [2.05, 4.69) is 11.6 Å². The third kappa shape index (κ3) is 8.84. The van der Waals surface area contributed by atoms with Gasteiger partial charge in [0.2, 0.25) is 0 Å². The third-order valence-electron chi connectivity index (χ3n) is 0.493. The van der Waals surface area contributed by atoms with Gasteiger partial charge in [0.15, 0.2) is 0 Å². The summed E-state index contributed by atoms with van der Waals surface area (Å²) in [5.41, 5.74) is 0. The van der Waals surface area contributed by atoms with E-state index in [9.17, 15) is 0 Å². The van der Waals surface area contributed by atoms with Gasteiger partial charge in [0.25, 0.3) is 0 Å². The summed E-state index contributed by atoms with van der Waals surface area (Å²) in [7, 11) is 0. The van der Waals surface area contributed by atoms with Gasteiger partial charge in [-0.1, -0.05) is 0 Å². The van der Waals surface area contributed by atoms with E-state index >= 15 is 0 Å². The van der Waals surface area contributed by atoms with Gasteiger partial charge in [0.05, 0.1) is 0 Å². The monoisotopic (exact) mass is 116 g/mol. The maximum Gasteiger partial charge on any atom is 0.365 e. The minimum atomic E-state index is 0. The van der Waals surface area contributed by atoms with Crippen molar-refractivity contribution in [3.05, 3.63) is 12.7 Å². The summed E-state index contributed by atoms with van der Waals surface area (Å²) >= 11 is 0.296. The molecule has 0 atom stereocenters. The molecular formula is C4H9ClMg. The summed E-state index contributed by atoms with van der Waals surface area (Å²) in [4.78, 5) is 0. The Morgan fingerprint density at radius 3 is 2.33 bits per heavy atom. The molecule has 0 rings (SSSR count). The second-order valence-electron chi connectivity index (χ2n) is 1.08. The molecule has 0 aromatic heterocycles. The smallest absolute Gasteiger partial charge is 0.157 e. The van der Waals surface area contributed by atoms with E-state index in [-0.39, 0.29) is 12.4 Å². The fraction of sp³-hybridized carbons (Fsp3) is 0.500. The first-order valence-corrected chi connectivity index (χ1v) is 4.44. The van der Waals surface area contributed by atoms with Crippen LogP contribution in [0, 0.1) is 0 Å². The lowest BCUT2D eigenvalue weighted by Gasteiger charge is -1.67. The molecular weight excluding hydrogens is 108 g/mol. The van der Waals surface area contributed by atoms with Crippen molar-refractivity contribution in [2.45, 2.75) is 9.60 Å². The summed E-state index contributed by atoms with van der Waals surface area (Å²) in [6.07, 6.45) is 1.99. The number of allylic oxidation sites excluding steroid dienone is 1. The number of halogens is 1. The molecule has 0 heterocycles. The van der Waals surface area contributed by atoms with Crippen LogP contribution in [0.5, 0.6) is 0 Å². The van der Waals surface area contributed by atoms with E-state index in [1.807, 2.05) is 6.08 Å². The second-order valence-corrected chi connectivity index (χ2v) is 2.65. The van der Waals surface area contributed by atoms with E-state index in [1.165, 1.54) is 4.55 Å². The number of rotatable bonds is 2. The molecule has 0 fully saturated rings. The molecule has 0 aromatic carbocycles. The predicted octanol–water partition coefficient (Wildman–Crippen LogP) is 1.76. The molecule has 0 saturated heterocycles. The van der Waals surface area contributed by atoms with Crippen molar-refractivity contribution in [1.82, 2.24) is 0 Å². The van der Waals surface area contributed by atoms with Crippen LogP contribution >= 0.6 is 12.4 Å². The molecule has 0 unspecified atom stereocenters. The summed E-state index contributed by atoms with van der Waals surface area (Å²) in [6, 6.07) is 0. The highest BCUT2D eigenvalue weighted by Crippen LogP contribution is 1.72. The SMILES string of the molecule is C=C[CH2][Mg][CH3].Cl. The van der Waals surface area contributed by atoms with Crippen LogP contribution in [0.2, 0.25) is 9.60 Å². The van der Waals surface area contributed by atoms with Crippen LogP contribution < -0.4 is 0 Å². The van der Waals surface area contributed by atoms with E-state index in [0.29, 0.717) is 20.4 Å². The zero-order chi connectivity index (χ0) is 4.12. The molecule has 0 N–H and O–H groups in total. The Bertz CT molecular complexity index is 28.7. The maximum atomic E-state index is 3.59. The molecule has 0 amide bonds. The van der Waals surface area contributed by atoms with Gasteiger partial charge in [-0.3, -0.25) is 0 Å². The lowest BCUT2D eigenvalue weighted by Crippen LogP contribution is -1.69. The molecule has 6 heavy (non-hydrogen) atoms. The fourth-order valence-electron chi connectivity index (χ4n) is 0.204. The van der Waals surface area contributed by atoms with Crippen molar-refractivity contribution in [1.29, 1.82) is 0 Å². The lowest BCUT2D eigenvalue weighted by molar-refractivity contribution is 1.71. The van der Waals surface area contributed by atoms with Gasteiger partial charge in [0, 0.05) is 0 Å². The van der Waals surface area contributed by atoms with Gasteiger partial charge >= 0.3 is 20.4 Å². The van der Waals surface area contributed by atoms with E-state index < -0.39 is 0 Å². The van der Waals surface area contributed by atoms with Crippen molar-refractivity contribution < 1.29 is 0 Å². The molecule has 0 aromatic rings. The minimum Gasteiger partial charge on any atom is -0.157 e. The Morgan fingerprint density at radius 2 is 2.33 bits per heavy atom. The zero-order valence-corrected chi connectivity index (χ0v) is 6.34. The van der Waals surface area contributed by atoms with Crippen LogP contribution in [0.25, 0.3) is 0 Å². The summed E-state index contributed by atoms with van der Waals surface area (Å²) in [6.45, 7) is 3.59. The Balaban J connectivity index is 0. The molecule has 0 aliphatic carbocycles. The van der Waals surface area contributed by atoms with Gasteiger partial charge < -0.3 is 0 Å². The highest BCUT2D eigenvalue weighted by Gasteiger charge is 1.72. The molecule has 0 bridgehead atoms. The van der Waals surface area contributed by atoms with Gasteiger partial charge in [-0.2, -0.15) is 5.05 Å². The molecule has 0 radical (unpaired) electrons. The molecule has 0 aliphatic heterocycles. The number of hydrogen-bond acceptors (Lipinski definition) is 0. The molecule has 2 heteroatoms. The molecule has 0 saturated carbocycles. The van der Waals surface area contributed by atoms with Gasteiger partial charge in [-0.05, 0) is 0 Å². The Morgan fingerprint density at radius 1 is 1.83 bits per heavy atom. The van der Waals surface area contributed by atoms with E-state index in [0.717, 1.165) is 0 Å². The first-order chi connectivity index (χ1) is 2.41. The van der Waals surface area contributed by atoms with Crippen LogP contribution in [0.15, 0.2) is 12.7 Å². The lowest BCUT2D eigenvalue weighted by atomic mass is 10.8. The highest BCUT2D eigenvalue weighted by atomic mass is 35.5. The first kappa shape index (κ1) is 9.93. The van der Waals surface area contributed by atoms with E-state index in [1.54, 1.807) is 0 Å². The molecule has 0 aliphatic rings. The molecule has 0 nitrogen and oxygen atoms in total. The molecule has 0 spiro atoms. The van der Waals surface area contributed by atoms with Crippen molar-refractivity contribution >= 4 is 32.8 Å². The topological polar surface area (TPSA) is 0 Å². The van der Waals surface area contributed by atoms with Gasteiger partial charge in [-0.25, -0.2) is 0 Å². The van der Waals surface area contributed by atoms with Crippen LogP contribution in [0.3, 0.4) is 0 Å². The maximum absolute atomic E-state index is 3.59. The van der Waals surface area contributed by atoms with Crippen LogP contribution in [-0.4, -0.2) is 20.4 Å². The van der Waals surface area contributed by atoms with Crippen molar-refractivity contribution in [2.75, 3.05) is 0 Å². The quantitative estimate of drug-likeness (QED) is 0.381. The van der Waals surface area contributed by atoms with Gasteiger partial charge in [-0.15, -0.1) is 29.6 Å². The van der Waals surface area contributed by atoms with Crippen LogP contribution in [0.4, 0.5) is 0 Å². The normalized spacial score (nSPS) is 4.83. The van der Waals surface area contributed by atoms with Crippen molar-refractivity contribution in [3.63, 3.8) is 0 Å². The van der Waals surface area contributed by atoms with Gasteiger partial charge in [0.1, 0.15) is 0 Å². The third-order valence-corrected chi connectivity index (χ3v) is 1.48. The zero-order valence-electron chi connectivity index (χ0n) is 4.11. The fourth-order valence-corrected chi connectivity index (χ4v) is 0.612. The first-order valence-electron chi connectivity index (χ1n) is 2.02. The summed E-state index contributed by atoms with van der Waals surface area (Å²) in [5.74, 6) is 0.